The Morgan fingerprint density at radius 2 is 1.61 bits per heavy atom. The van der Waals surface area contributed by atoms with Crippen LogP contribution in [0.1, 0.15) is 11.1 Å². The Morgan fingerprint density at radius 1 is 1.00 bits per heavy atom. The zero-order valence-corrected chi connectivity index (χ0v) is 14.3. The van der Waals surface area contributed by atoms with Crippen molar-refractivity contribution in [2.75, 3.05) is 5.75 Å². The number of hydrogen-bond donors (Lipinski definition) is 0. The van der Waals surface area contributed by atoms with Gasteiger partial charge in [-0.2, -0.15) is 0 Å². The summed E-state index contributed by atoms with van der Waals surface area (Å²) in [7, 11) is -3.85. The van der Waals surface area contributed by atoms with E-state index in [4.69, 9.17) is 23.2 Å². The van der Waals surface area contributed by atoms with E-state index in [1.807, 2.05) is 24.3 Å². The average Bonchev–Trinajstić information content (AvgIpc) is 2.93. The second-order valence-electron chi connectivity index (χ2n) is 5.33. The van der Waals surface area contributed by atoms with Crippen molar-refractivity contribution in [1.29, 1.82) is 0 Å². The predicted octanol–water partition coefficient (Wildman–Crippen LogP) is 3.31. The number of benzene rings is 2. The molecule has 0 fully saturated rings. The summed E-state index contributed by atoms with van der Waals surface area (Å²) < 4.78 is 24.9. The lowest BCUT2D eigenvalue weighted by Crippen LogP contribution is -2.31. The van der Waals surface area contributed by atoms with Crippen LogP contribution in [0.4, 0.5) is 0 Å². The molecule has 2 aromatic rings. The number of halogens is 2. The van der Waals surface area contributed by atoms with Crippen molar-refractivity contribution in [2.45, 2.75) is 18.0 Å². The SMILES string of the molecule is O=C(CS(=O)(=O)c1cccc(Cl)c1Cl)N1Cc2ccccc2C1. The molecule has 120 valence electrons. The summed E-state index contributed by atoms with van der Waals surface area (Å²) >= 11 is 11.8. The van der Waals surface area contributed by atoms with Crippen molar-refractivity contribution in [1.82, 2.24) is 4.90 Å². The van der Waals surface area contributed by atoms with Crippen LogP contribution in [0.15, 0.2) is 47.4 Å². The zero-order chi connectivity index (χ0) is 16.6. The highest BCUT2D eigenvalue weighted by Crippen LogP contribution is 2.30. The summed E-state index contributed by atoms with van der Waals surface area (Å²) in [4.78, 5) is 13.8. The van der Waals surface area contributed by atoms with Gasteiger partial charge in [0.15, 0.2) is 9.84 Å². The molecule has 0 aromatic heterocycles. The number of rotatable bonds is 3. The minimum atomic E-state index is -3.85. The van der Waals surface area contributed by atoms with Crippen LogP contribution < -0.4 is 0 Å². The van der Waals surface area contributed by atoms with Crippen molar-refractivity contribution in [2.24, 2.45) is 0 Å². The lowest BCUT2D eigenvalue weighted by Gasteiger charge is -2.16. The van der Waals surface area contributed by atoms with Crippen molar-refractivity contribution in [3.8, 4) is 0 Å². The van der Waals surface area contributed by atoms with Gasteiger partial charge in [0, 0.05) is 13.1 Å². The maximum atomic E-state index is 12.5. The van der Waals surface area contributed by atoms with E-state index < -0.39 is 21.5 Å². The second-order valence-corrected chi connectivity index (χ2v) is 8.07. The van der Waals surface area contributed by atoms with E-state index in [0.29, 0.717) is 13.1 Å². The lowest BCUT2D eigenvalue weighted by molar-refractivity contribution is -0.129. The van der Waals surface area contributed by atoms with Crippen molar-refractivity contribution in [3.05, 3.63) is 63.6 Å². The number of fused-ring (bicyclic) bond motifs is 1. The number of amides is 1. The largest absolute Gasteiger partial charge is 0.333 e. The summed E-state index contributed by atoms with van der Waals surface area (Å²) in [6, 6.07) is 12.0. The summed E-state index contributed by atoms with van der Waals surface area (Å²) in [5, 5.41) is 0.0976. The van der Waals surface area contributed by atoms with Crippen LogP contribution >= 0.6 is 23.2 Å². The first-order chi connectivity index (χ1) is 10.9. The van der Waals surface area contributed by atoms with Gasteiger partial charge in [0.2, 0.25) is 5.91 Å². The van der Waals surface area contributed by atoms with Crippen molar-refractivity contribution >= 4 is 38.9 Å². The summed E-state index contributed by atoms with van der Waals surface area (Å²) in [6.45, 7) is 0.849. The number of sulfone groups is 1. The minimum absolute atomic E-state index is 0.0494. The van der Waals surface area contributed by atoms with Gasteiger partial charge < -0.3 is 4.90 Å². The molecule has 0 unspecified atom stereocenters. The molecule has 0 radical (unpaired) electrons. The van der Waals surface area contributed by atoms with Crippen LogP contribution in [0.3, 0.4) is 0 Å². The molecule has 0 saturated carbocycles. The molecule has 23 heavy (non-hydrogen) atoms. The molecular formula is C16H13Cl2NO3S. The van der Waals surface area contributed by atoms with E-state index >= 15 is 0 Å². The quantitative estimate of drug-likeness (QED) is 0.833. The smallest absolute Gasteiger partial charge is 0.238 e. The molecule has 0 spiro atoms. The van der Waals surface area contributed by atoms with Crippen LogP contribution in [0, 0.1) is 0 Å². The minimum Gasteiger partial charge on any atom is -0.333 e. The van der Waals surface area contributed by atoms with Gasteiger partial charge in [0.25, 0.3) is 0 Å². The Labute approximate surface area is 144 Å². The Kier molecular flexibility index (Phi) is 4.36. The van der Waals surface area contributed by atoms with Gasteiger partial charge in [-0.1, -0.05) is 53.5 Å². The molecule has 1 heterocycles. The molecule has 0 atom stereocenters. The molecular weight excluding hydrogens is 357 g/mol. The Hall–Kier alpha value is -1.56. The zero-order valence-electron chi connectivity index (χ0n) is 12.0. The third-order valence-electron chi connectivity index (χ3n) is 3.76. The highest BCUT2D eigenvalue weighted by Gasteiger charge is 2.29. The average molecular weight is 370 g/mol. The Bertz CT molecular complexity index is 856. The first-order valence-electron chi connectivity index (χ1n) is 6.90. The van der Waals surface area contributed by atoms with Crippen LogP contribution in [-0.2, 0) is 27.7 Å². The standard InChI is InChI=1S/C16H13Cl2NO3S/c17-13-6-3-7-14(16(13)18)23(21,22)10-15(20)19-8-11-4-1-2-5-12(11)9-19/h1-7H,8-10H2. The van der Waals surface area contributed by atoms with Gasteiger partial charge in [-0.15, -0.1) is 0 Å². The molecule has 2 aromatic carbocycles. The normalized spacial score (nSPS) is 13.9. The number of carbonyl (C=O) groups excluding carboxylic acids is 1. The molecule has 1 aliphatic rings. The van der Waals surface area contributed by atoms with Gasteiger partial charge in [0.1, 0.15) is 5.75 Å². The first kappa shape index (κ1) is 16.3. The topological polar surface area (TPSA) is 54.5 Å². The lowest BCUT2D eigenvalue weighted by atomic mass is 10.1. The Balaban J connectivity index is 1.79. The predicted molar refractivity (Wildman–Crippen MR) is 89.2 cm³/mol. The molecule has 0 saturated heterocycles. The fourth-order valence-electron chi connectivity index (χ4n) is 2.57. The van der Waals surface area contributed by atoms with Gasteiger partial charge in [-0.05, 0) is 23.3 Å². The third-order valence-corrected chi connectivity index (χ3v) is 6.33. The number of hydrogen-bond acceptors (Lipinski definition) is 3. The van der Waals surface area contributed by atoms with Crippen LogP contribution in [0.2, 0.25) is 10.0 Å². The monoisotopic (exact) mass is 369 g/mol. The van der Waals surface area contributed by atoms with Crippen LogP contribution in [0.25, 0.3) is 0 Å². The van der Waals surface area contributed by atoms with Gasteiger partial charge in [0.05, 0.1) is 14.9 Å². The maximum absolute atomic E-state index is 12.5. The fraction of sp³-hybridized carbons (Fsp3) is 0.188. The van der Waals surface area contributed by atoms with E-state index in [1.165, 1.54) is 23.1 Å². The Morgan fingerprint density at radius 3 is 2.22 bits per heavy atom. The summed E-state index contributed by atoms with van der Waals surface area (Å²) in [6.07, 6.45) is 0. The molecule has 3 rings (SSSR count). The summed E-state index contributed by atoms with van der Waals surface area (Å²) in [5.41, 5.74) is 2.08. The molecule has 1 aliphatic heterocycles. The highest BCUT2D eigenvalue weighted by atomic mass is 35.5. The second kappa shape index (κ2) is 6.15. The van der Waals surface area contributed by atoms with Gasteiger partial charge >= 0.3 is 0 Å². The van der Waals surface area contributed by atoms with Crippen molar-refractivity contribution in [3.63, 3.8) is 0 Å². The fourth-order valence-corrected chi connectivity index (χ4v) is 4.61. The van der Waals surface area contributed by atoms with Gasteiger partial charge in [-0.3, -0.25) is 4.79 Å². The highest BCUT2D eigenvalue weighted by molar-refractivity contribution is 7.92. The maximum Gasteiger partial charge on any atom is 0.238 e. The van der Waals surface area contributed by atoms with Crippen LogP contribution in [-0.4, -0.2) is 25.0 Å². The van der Waals surface area contributed by atoms with E-state index in [2.05, 4.69) is 0 Å². The van der Waals surface area contributed by atoms with Gasteiger partial charge in [-0.25, -0.2) is 8.42 Å². The molecule has 4 nitrogen and oxygen atoms in total. The third kappa shape index (κ3) is 3.22. The van der Waals surface area contributed by atoms with E-state index in [9.17, 15) is 13.2 Å². The van der Waals surface area contributed by atoms with E-state index in [-0.39, 0.29) is 14.9 Å². The van der Waals surface area contributed by atoms with E-state index in [1.54, 1.807) is 0 Å². The molecule has 0 bridgehead atoms. The first-order valence-corrected chi connectivity index (χ1v) is 9.30. The molecule has 7 heteroatoms. The summed E-state index contributed by atoms with van der Waals surface area (Å²) in [5.74, 6) is -1.07. The molecule has 0 N–H and O–H groups in total. The van der Waals surface area contributed by atoms with Crippen LogP contribution in [0.5, 0.6) is 0 Å². The molecule has 1 amide bonds. The number of carbonyl (C=O) groups is 1. The number of nitrogens with zero attached hydrogens (tertiary/aromatic N) is 1. The van der Waals surface area contributed by atoms with Crippen molar-refractivity contribution < 1.29 is 13.2 Å². The molecule has 0 aliphatic carbocycles. The van der Waals surface area contributed by atoms with E-state index in [0.717, 1.165) is 11.1 Å².